The summed E-state index contributed by atoms with van der Waals surface area (Å²) < 4.78 is 0. The van der Waals surface area contributed by atoms with Gasteiger partial charge in [-0.05, 0) is 103 Å². The van der Waals surface area contributed by atoms with Crippen LogP contribution in [0.1, 0.15) is 70.9 Å². The molecule has 6 heterocycles. The van der Waals surface area contributed by atoms with Crippen LogP contribution in [0.5, 0.6) is 0 Å². The molecule has 2 unspecified atom stereocenters. The van der Waals surface area contributed by atoms with E-state index in [1.54, 1.807) is 0 Å². The van der Waals surface area contributed by atoms with Crippen molar-refractivity contribution >= 4 is 46.2 Å². The van der Waals surface area contributed by atoms with Crippen molar-refractivity contribution in [3.05, 3.63) is 212 Å². The Morgan fingerprint density at radius 1 is 0.459 bits per heavy atom. The highest BCUT2D eigenvalue weighted by atomic mass is 35.5. The topological polar surface area (TPSA) is 31.2 Å². The van der Waals surface area contributed by atoms with Gasteiger partial charge in [0.2, 0.25) is 0 Å². The predicted molar refractivity (Wildman–Crippen MR) is 256 cm³/mol. The SMILES string of the molecule is Clc1cccc(C/N=C2\C3CCN(CC3)C2C(c2ccccc2)c2ccccc2)c1.Clc1cccc(C/N=C2\C3CCN(CC3)C2C(c2ccccc2)c2ccccc2)c1Cl. The molecule has 0 aliphatic carbocycles. The van der Waals surface area contributed by atoms with Gasteiger partial charge >= 0.3 is 0 Å². The van der Waals surface area contributed by atoms with Gasteiger partial charge in [-0.3, -0.25) is 19.8 Å². The molecule has 4 nitrogen and oxygen atoms in total. The molecule has 61 heavy (non-hydrogen) atoms. The van der Waals surface area contributed by atoms with Crippen LogP contribution in [0.3, 0.4) is 0 Å². The Morgan fingerprint density at radius 2 is 0.869 bits per heavy atom. The second-order valence-corrected chi connectivity index (χ2v) is 18.2. The highest BCUT2D eigenvalue weighted by Crippen LogP contribution is 2.42. The van der Waals surface area contributed by atoms with Crippen molar-refractivity contribution in [1.82, 2.24) is 9.80 Å². The minimum absolute atomic E-state index is 0.263. The summed E-state index contributed by atoms with van der Waals surface area (Å²) in [6.07, 6.45) is 4.83. The van der Waals surface area contributed by atoms with E-state index in [2.05, 4.69) is 137 Å². The number of fused-ring (bicyclic) bond motifs is 6. The molecule has 0 aromatic heterocycles. The lowest BCUT2D eigenvalue weighted by Crippen LogP contribution is -2.58. The summed E-state index contributed by atoms with van der Waals surface area (Å²) in [6, 6.07) is 58.2. The van der Waals surface area contributed by atoms with Gasteiger partial charge in [0.25, 0.3) is 0 Å². The number of hydrogen-bond donors (Lipinski definition) is 0. The minimum atomic E-state index is 0.263. The van der Waals surface area contributed by atoms with Crippen molar-refractivity contribution < 1.29 is 0 Å². The fraction of sp³-hybridized carbons (Fsp3) is 0.296. The van der Waals surface area contributed by atoms with Crippen molar-refractivity contribution in [3.8, 4) is 0 Å². The summed E-state index contributed by atoms with van der Waals surface area (Å²) in [6.45, 7) is 5.90. The molecule has 4 bridgehead atoms. The lowest BCUT2D eigenvalue weighted by atomic mass is 9.72. The van der Waals surface area contributed by atoms with Crippen molar-refractivity contribution in [2.24, 2.45) is 21.8 Å². The summed E-state index contributed by atoms with van der Waals surface area (Å²) in [5.74, 6) is 1.70. The van der Waals surface area contributed by atoms with Crippen LogP contribution >= 0.6 is 34.8 Å². The van der Waals surface area contributed by atoms with Gasteiger partial charge in [0.05, 0.1) is 35.2 Å². The predicted octanol–water partition coefficient (Wildman–Crippen LogP) is 13.1. The van der Waals surface area contributed by atoms with E-state index in [0.29, 0.717) is 46.9 Å². The van der Waals surface area contributed by atoms with Crippen molar-refractivity contribution in [2.45, 2.75) is 62.7 Å². The third-order valence-electron chi connectivity index (χ3n) is 13.4. The van der Waals surface area contributed by atoms with Gasteiger partial charge in [0.15, 0.2) is 0 Å². The van der Waals surface area contributed by atoms with E-state index in [9.17, 15) is 0 Å². The first kappa shape index (κ1) is 41.8. The molecule has 0 radical (unpaired) electrons. The monoisotopic (exact) mass is 862 g/mol. The highest BCUT2D eigenvalue weighted by molar-refractivity contribution is 6.42. The van der Waals surface area contributed by atoms with Crippen LogP contribution in [0.2, 0.25) is 15.1 Å². The van der Waals surface area contributed by atoms with Crippen molar-refractivity contribution in [1.29, 1.82) is 0 Å². The smallest absolute Gasteiger partial charge is 0.0655 e. The molecule has 6 saturated heterocycles. The number of benzene rings is 6. The fourth-order valence-corrected chi connectivity index (χ4v) is 11.0. The second-order valence-electron chi connectivity index (χ2n) is 16.9. The van der Waals surface area contributed by atoms with Crippen LogP contribution in [0.4, 0.5) is 0 Å². The molecule has 0 amide bonds. The van der Waals surface area contributed by atoms with Crippen LogP contribution < -0.4 is 0 Å². The maximum absolute atomic E-state index is 6.47. The molecule has 12 rings (SSSR count). The Bertz CT molecular complexity index is 2330. The van der Waals surface area contributed by atoms with Crippen LogP contribution in [0, 0.1) is 11.8 Å². The number of nitrogens with zero attached hydrogens (tertiary/aromatic N) is 4. The zero-order valence-corrected chi connectivity index (χ0v) is 36.8. The average molecular weight is 864 g/mol. The molecule has 7 heteroatoms. The van der Waals surface area contributed by atoms with E-state index < -0.39 is 0 Å². The lowest BCUT2D eigenvalue weighted by molar-refractivity contribution is 0.135. The molecule has 0 spiro atoms. The Morgan fingerprint density at radius 3 is 1.30 bits per heavy atom. The van der Waals surface area contributed by atoms with Crippen molar-refractivity contribution in [2.75, 3.05) is 26.2 Å². The van der Waals surface area contributed by atoms with Crippen LogP contribution in [0.25, 0.3) is 0 Å². The van der Waals surface area contributed by atoms with E-state index in [1.165, 1.54) is 78.0 Å². The third-order valence-corrected chi connectivity index (χ3v) is 14.4. The Hall–Kier alpha value is -4.55. The molecular formula is C54H53Cl3N4. The van der Waals surface area contributed by atoms with Crippen LogP contribution in [-0.4, -0.2) is 59.5 Å². The number of hydrogen-bond acceptors (Lipinski definition) is 4. The standard InChI is InChI=1S/C27H26Cl2N2.C27H27ClN2/c28-23-13-7-12-22(25(23)29)18-30-26-21-14-16-31(17-15-21)27(26)24(19-8-3-1-4-9-19)20-10-5-2-6-11-20;28-24-13-7-8-20(18-24)19-29-26-23-14-16-30(17-15-23)27(26)25(21-9-3-1-4-10-21)22-11-5-2-6-12-22/h1-13,21,24,27H,14-18H2;1-13,18,23,25,27H,14-17,19H2/b30-26+;29-26+. The zero-order chi connectivity index (χ0) is 41.5. The highest BCUT2D eigenvalue weighted by Gasteiger charge is 2.45. The number of halogens is 3. The van der Waals surface area contributed by atoms with E-state index in [1.807, 2.05) is 36.4 Å². The van der Waals surface area contributed by atoms with Crippen molar-refractivity contribution in [3.63, 3.8) is 0 Å². The van der Waals surface area contributed by atoms with Gasteiger partial charge in [-0.2, -0.15) is 0 Å². The normalized spacial score (nSPS) is 24.3. The fourth-order valence-electron chi connectivity index (χ4n) is 10.4. The van der Waals surface area contributed by atoms with Gasteiger partial charge < -0.3 is 0 Å². The minimum Gasteiger partial charge on any atom is -0.294 e. The molecule has 0 saturated carbocycles. The van der Waals surface area contributed by atoms with Gasteiger partial charge in [-0.15, -0.1) is 0 Å². The first-order valence-corrected chi connectivity index (χ1v) is 23.1. The van der Waals surface area contributed by atoms with E-state index >= 15 is 0 Å². The maximum atomic E-state index is 6.47. The number of rotatable bonds is 10. The van der Waals surface area contributed by atoms with E-state index in [-0.39, 0.29) is 12.0 Å². The van der Waals surface area contributed by atoms with Gasteiger partial charge in [-0.1, -0.05) is 180 Å². The van der Waals surface area contributed by atoms with Gasteiger partial charge in [-0.25, -0.2) is 0 Å². The quantitative estimate of drug-likeness (QED) is 0.137. The Kier molecular flexibility index (Phi) is 13.5. The Balaban J connectivity index is 0.000000156. The summed E-state index contributed by atoms with van der Waals surface area (Å²) in [5.41, 5.74) is 10.3. The lowest BCUT2D eigenvalue weighted by Gasteiger charge is -2.49. The molecule has 6 aromatic rings. The maximum Gasteiger partial charge on any atom is 0.0655 e. The van der Waals surface area contributed by atoms with Gasteiger partial charge in [0, 0.05) is 40.1 Å². The summed E-state index contributed by atoms with van der Waals surface area (Å²) in [4.78, 5) is 15.8. The van der Waals surface area contributed by atoms with Crippen LogP contribution in [0.15, 0.2) is 174 Å². The Labute approximate surface area is 376 Å². The average Bonchev–Trinajstić information content (AvgIpc) is 3.32. The first-order valence-electron chi connectivity index (χ1n) is 22.0. The third kappa shape index (κ3) is 9.45. The summed E-state index contributed by atoms with van der Waals surface area (Å²) in [7, 11) is 0. The largest absolute Gasteiger partial charge is 0.294 e. The second kappa shape index (κ2) is 19.7. The first-order chi connectivity index (χ1) is 30.0. The molecule has 0 N–H and O–H groups in total. The number of piperidine rings is 6. The van der Waals surface area contributed by atoms with Gasteiger partial charge in [0.1, 0.15) is 0 Å². The molecule has 6 aromatic carbocycles. The molecule has 6 aliphatic rings. The summed E-state index contributed by atoms with van der Waals surface area (Å²) >= 11 is 18.9. The summed E-state index contributed by atoms with van der Waals surface area (Å²) in [5, 5.41) is 2.00. The van der Waals surface area contributed by atoms with E-state index in [0.717, 1.165) is 23.7 Å². The molecule has 6 fully saturated rings. The zero-order valence-electron chi connectivity index (χ0n) is 34.5. The molecule has 2 atom stereocenters. The molecular weight excluding hydrogens is 811 g/mol. The molecule has 6 aliphatic heterocycles. The number of aliphatic imine (C=N–C) groups is 2. The van der Waals surface area contributed by atoms with E-state index in [4.69, 9.17) is 44.8 Å². The molecule has 310 valence electrons. The van der Waals surface area contributed by atoms with Crippen LogP contribution in [-0.2, 0) is 13.1 Å².